The van der Waals surface area contributed by atoms with E-state index in [9.17, 15) is 4.79 Å². The maximum Gasteiger partial charge on any atom is 0.345 e. The number of fused-ring (bicyclic) bond motifs is 3. The normalized spacial score (nSPS) is 11.8. The zero-order valence-corrected chi connectivity index (χ0v) is 14.3. The molecule has 3 rings (SSSR count). The molecule has 0 saturated carbocycles. The lowest BCUT2D eigenvalue weighted by Gasteiger charge is -2.06. The van der Waals surface area contributed by atoms with Crippen LogP contribution in [0.5, 0.6) is 0 Å². The Hall–Kier alpha value is -2.18. The Bertz CT molecular complexity index is 993. The predicted octanol–water partition coefficient (Wildman–Crippen LogP) is 3.91. The van der Waals surface area contributed by atoms with Gasteiger partial charge >= 0.3 is 5.63 Å². The number of benzene rings is 2. The van der Waals surface area contributed by atoms with Gasteiger partial charge < -0.3 is 4.42 Å². The zero-order chi connectivity index (χ0) is 16.4. The first-order valence-electron chi connectivity index (χ1n) is 6.94. The van der Waals surface area contributed by atoms with Crippen LogP contribution in [-0.4, -0.2) is 16.3 Å². The number of nitrogens with one attached hydrogen (secondary N) is 1. The van der Waals surface area contributed by atoms with E-state index in [1.807, 2.05) is 48.7 Å². The number of thioether (sulfide) groups is 1. The molecule has 1 heterocycles. The highest BCUT2D eigenvalue weighted by Crippen LogP contribution is 2.25. The van der Waals surface area contributed by atoms with Gasteiger partial charge in [-0.05, 0) is 36.1 Å². The van der Waals surface area contributed by atoms with Gasteiger partial charge in [-0.2, -0.15) is 5.10 Å². The lowest BCUT2D eigenvalue weighted by atomic mass is 10.0. The summed E-state index contributed by atoms with van der Waals surface area (Å²) in [6, 6.07) is 13.6. The summed E-state index contributed by atoms with van der Waals surface area (Å²) in [5.74, 6) is 0. The fourth-order valence-corrected chi connectivity index (χ4v) is 2.54. The van der Waals surface area contributed by atoms with E-state index in [-0.39, 0.29) is 0 Å². The molecule has 0 radical (unpaired) electrons. The van der Waals surface area contributed by atoms with Crippen molar-refractivity contribution in [3.63, 3.8) is 0 Å². The zero-order valence-electron chi connectivity index (χ0n) is 12.6. The van der Waals surface area contributed by atoms with Gasteiger partial charge in [-0.3, -0.25) is 5.43 Å². The smallest absolute Gasteiger partial charge is 0.345 e. The summed E-state index contributed by atoms with van der Waals surface area (Å²) in [5.41, 5.74) is 3.86. The molecular weight excluding hydrogens is 328 g/mol. The molecule has 0 unspecified atom stereocenters. The Morgan fingerprint density at radius 1 is 1.22 bits per heavy atom. The van der Waals surface area contributed by atoms with Crippen LogP contribution in [-0.2, 0) is 0 Å². The summed E-state index contributed by atoms with van der Waals surface area (Å²) in [6.07, 6.45) is 1.86. The van der Waals surface area contributed by atoms with Gasteiger partial charge in [0, 0.05) is 5.39 Å². The Labute approximate surface area is 142 Å². The second-order valence-electron chi connectivity index (χ2n) is 4.95. The van der Waals surface area contributed by atoms with E-state index in [0.717, 1.165) is 16.2 Å². The van der Waals surface area contributed by atoms with Crippen molar-refractivity contribution in [3.8, 4) is 0 Å². The minimum atomic E-state index is -0.411. The highest BCUT2D eigenvalue weighted by atomic mass is 32.2. The molecule has 3 aromatic rings. The van der Waals surface area contributed by atoms with Gasteiger partial charge in [0.2, 0.25) is 0 Å². The van der Waals surface area contributed by atoms with Gasteiger partial charge in [0.15, 0.2) is 4.32 Å². The summed E-state index contributed by atoms with van der Waals surface area (Å²) in [4.78, 5) is 12.2. The highest BCUT2D eigenvalue weighted by molar-refractivity contribution is 8.22. The standard InChI is InChI=1S/C17H14N2O2S2/c1-10(18-19-17(22)23-2)13-9-14-12-6-4-3-5-11(12)7-8-15(14)21-16(13)20/h3-9H,1-2H3,(H,19,22)/b18-10+. The first kappa shape index (κ1) is 15.7. The number of hydrogen-bond donors (Lipinski definition) is 1. The van der Waals surface area contributed by atoms with Crippen LogP contribution < -0.4 is 11.1 Å². The van der Waals surface area contributed by atoms with Crippen LogP contribution in [0.15, 0.2) is 56.8 Å². The van der Waals surface area contributed by atoms with Gasteiger partial charge in [-0.1, -0.05) is 54.3 Å². The second kappa shape index (κ2) is 6.52. The van der Waals surface area contributed by atoms with Crippen molar-refractivity contribution in [3.05, 3.63) is 58.4 Å². The van der Waals surface area contributed by atoms with Crippen LogP contribution in [0.4, 0.5) is 0 Å². The number of thiocarbonyl (C=S) groups is 1. The fraction of sp³-hybridized carbons (Fsp3) is 0.118. The maximum atomic E-state index is 12.2. The summed E-state index contributed by atoms with van der Waals surface area (Å²) in [7, 11) is 0. The van der Waals surface area contributed by atoms with Crippen LogP contribution >= 0.6 is 24.0 Å². The fourth-order valence-electron chi connectivity index (χ4n) is 2.36. The number of rotatable bonds is 2. The first-order valence-corrected chi connectivity index (χ1v) is 8.57. The Morgan fingerprint density at radius 3 is 2.78 bits per heavy atom. The minimum Gasteiger partial charge on any atom is -0.422 e. The van der Waals surface area contributed by atoms with Crippen LogP contribution in [0.25, 0.3) is 21.7 Å². The van der Waals surface area contributed by atoms with Crippen molar-refractivity contribution >= 4 is 55.8 Å². The predicted molar refractivity (Wildman–Crippen MR) is 101 cm³/mol. The molecule has 0 aliphatic rings. The summed E-state index contributed by atoms with van der Waals surface area (Å²) < 4.78 is 5.99. The summed E-state index contributed by atoms with van der Waals surface area (Å²) >= 11 is 6.42. The molecule has 1 N–H and O–H groups in total. The minimum absolute atomic E-state index is 0.411. The molecule has 4 nitrogen and oxygen atoms in total. The highest BCUT2D eigenvalue weighted by Gasteiger charge is 2.10. The molecule has 0 aliphatic heterocycles. The van der Waals surface area contributed by atoms with E-state index < -0.39 is 5.63 Å². The van der Waals surface area contributed by atoms with Gasteiger partial charge in [-0.15, -0.1) is 0 Å². The molecule has 0 saturated heterocycles. The van der Waals surface area contributed by atoms with Crippen LogP contribution in [0.3, 0.4) is 0 Å². The Balaban J connectivity index is 2.18. The van der Waals surface area contributed by atoms with Crippen molar-refractivity contribution in [2.24, 2.45) is 5.10 Å². The molecule has 6 heteroatoms. The molecular formula is C17H14N2O2S2. The molecule has 0 amide bonds. The lowest BCUT2D eigenvalue weighted by molar-refractivity contribution is 0.559. The summed E-state index contributed by atoms with van der Waals surface area (Å²) in [5, 5.41) is 7.18. The van der Waals surface area contributed by atoms with Gasteiger partial charge in [0.25, 0.3) is 0 Å². The van der Waals surface area contributed by atoms with Crippen LogP contribution in [0.1, 0.15) is 12.5 Å². The van der Waals surface area contributed by atoms with Crippen LogP contribution in [0, 0.1) is 0 Å². The van der Waals surface area contributed by atoms with E-state index in [2.05, 4.69) is 10.5 Å². The van der Waals surface area contributed by atoms with Crippen molar-refractivity contribution < 1.29 is 4.42 Å². The third kappa shape index (κ3) is 3.13. The maximum absolute atomic E-state index is 12.2. The lowest BCUT2D eigenvalue weighted by Crippen LogP contribution is -2.18. The quantitative estimate of drug-likeness (QED) is 0.252. The molecule has 23 heavy (non-hydrogen) atoms. The number of hydrazone groups is 1. The second-order valence-corrected chi connectivity index (χ2v) is 6.43. The molecule has 2 aromatic carbocycles. The number of hydrogen-bond acceptors (Lipinski definition) is 5. The third-order valence-electron chi connectivity index (χ3n) is 3.53. The molecule has 0 aliphatic carbocycles. The van der Waals surface area contributed by atoms with Crippen molar-refractivity contribution in [1.29, 1.82) is 0 Å². The van der Waals surface area contributed by atoms with E-state index in [1.54, 1.807) is 6.92 Å². The van der Waals surface area contributed by atoms with Gasteiger partial charge in [0.1, 0.15) is 5.58 Å². The topological polar surface area (TPSA) is 54.6 Å². The average molecular weight is 342 g/mol. The van der Waals surface area contributed by atoms with E-state index >= 15 is 0 Å². The molecule has 1 aromatic heterocycles. The average Bonchev–Trinajstić information content (AvgIpc) is 2.58. The van der Waals surface area contributed by atoms with Gasteiger partial charge in [0.05, 0.1) is 11.3 Å². The van der Waals surface area contributed by atoms with E-state index in [0.29, 0.717) is 21.2 Å². The molecule has 116 valence electrons. The number of nitrogens with zero attached hydrogens (tertiary/aromatic N) is 1. The van der Waals surface area contributed by atoms with E-state index in [4.69, 9.17) is 16.6 Å². The largest absolute Gasteiger partial charge is 0.422 e. The third-order valence-corrected chi connectivity index (χ3v) is 4.59. The van der Waals surface area contributed by atoms with Crippen molar-refractivity contribution in [1.82, 2.24) is 5.43 Å². The Morgan fingerprint density at radius 2 is 2.00 bits per heavy atom. The molecule has 0 atom stereocenters. The summed E-state index contributed by atoms with van der Waals surface area (Å²) in [6.45, 7) is 1.75. The molecule has 0 spiro atoms. The van der Waals surface area contributed by atoms with Gasteiger partial charge in [-0.25, -0.2) is 4.79 Å². The SMILES string of the molecule is CSC(=S)N/N=C(\C)c1cc2c(ccc3ccccc32)oc1=O. The monoisotopic (exact) mass is 342 g/mol. The van der Waals surface area contributed by atoms with E-state index in [1.165, 1.54) is 11.8 Å². The Kier molecular flexibility index (Phi) is 4.45. The molecule has 0 fully saturated rings. The van der Waals surface area contributed by atoms with Crippen LogP contribution in [0.2, 0.25) is 0 Å². The molecule has 0 bridgehead atoms. The van der Waals surface area contributed by atoms with Crippen molar-refractivity contribution in [2.75, 3.05) is 6.26 Å². The first-order chi connectivity index (χ1) is 11.1. The van der Waals surface area contributed by atoms with Crippen molar-refractivity contribution in [2.45, 2.75) is 6.92 Å².